The molecular weight excluding hydrogens is 400 g/mol. The normalized spacial score (nSPS) is 15.9. The van der Waals surface area contributed by atoms with Gasteiger partial charge >= 0.3 is 0 Å². The van der Waals surface area contributed by atoms with Crippen molar-refractivity contribution >= 4 is 33.3 Å². The summed E-state index contributed by atoms with van der Waals surface area (Å²) >= 11 is 6.04. The zero-order chi connectivity index (χ0) is 20.6. The van der Waals surface area contributed by atoms with Crippen LogP contribution in [0.3, 0.4) is 0 Å². The minimum Gasteiger partial charge on any atom is -0.354 e. The summed E-state index contributed by atoms with van der Waals surface area (Å²) in [5.74, 6) is -0.297. The number of amides is 2. The van der Waals surface area contributed by atoms with Crippen molar-refractivity contribution in [3.63, 3.8) is 0 Å². The molecule has 0 radical (unpaired) electrons. The van der Waals surface area contributed by atoms with Gasteiger partial charge in [-0.3, -0.25) is 9.59 Å². The maximum Gasteiger partial charge on any atom is 0.253 e. The molecule has 2 amide bonds. The summed E-state index contributed by atoms with van der Waals surface area (Å²) in [6.07, 6.45) is 8.20. The molecule has 1 aromatic carbocycles. The Bertz CT molecular complexity index is 776. The Morgan fingerprint density at radius 3 is 2.54 bits per heavy atom. The first kappa shape index (κ1) is 22.7. The van der Waals surface area contributed by atoms with Crippen molar-refractivity contribution in [3.8, 4) is 0 Å². The molecule has 0 bridgehead atoms. The zero-order valence-corrected chi connectivity index (χ0v) is 17.8. The van der Waals surface area contributed by atoms with E-state index in [4.69, 9.17) is 11.6 Å². The second-order valence-corrected chi connectivity index (χ2v) is 10.2. The number of rotatable bonds is 10. The van der Waals surface area contributed by atoms with Crippen LogP contribution in [0.5, 0.6) is 0 Å². The summed E-state index contributed by atoms with van der Waals surface area (Å²) in [4.78, 5) is 25.0. The molecule has 156 valence electrons. The molecule has 1 fully saturated rings. The number of sulfone groups is 1. The van der Waals surface area contributed by atoms with Crippen LogP contribution in [0, 0.1) is 5.92 Å². The van der Waals surface area contributed by atoms with Crippen molar-refractivity contribution in [3.05, 3.63) is 34.9 Å². The predicted octanol–water partition coefficient (Wildman–Crippen LogP) is 2.96. The van der Waals surface area contributed by atoms with Gasteiger partial charge in [-0.05, 0) is 37.3 Å². The van der Waals surface area contributed by atoms with E-state index < -0.39 is 21.8 Å². The average molecular weight is 429 g/mol. The molecule has 1 saturated carbocycles. The number of nitrogens with one attached hydrogen (secondary N) is 2. The molecule has 28 heavy (non-hydrogen) atoms. The van der Waals surface area contributed by atoms with E-state index in [9.17, 15) is 18.0 Å². The monoisotopic (exact) mass is 428 g/mol. The first-order valence-corrected chi connectivity index (χ1v) is 12.2. The molecule has 8 heteroatoms. The highest BCUT2D eigenvalue weighted by Crippen LogP contribution is 2.28. The van der Waals surface area contributed by atoms with Crippen molar-refractivity contribution in [2.24, 2.45) is 5.92 Å². The third-order valence-electron chi connectivity index (χ3n) is 5.08. The molecule has 0 saturated heterocycles. The SMILES string of the molecule is CS(=O)(=O)CCC(NC(=O)c1ccccc1Cl)C(=O)NCCCC1CCCC1. The molecule has 1 aromatic rings. The van der Waals surface area contributed by atoms with Crippen LogP contribution in [-0.4, -0.2) is 44.8 Å². The number of benzene rings is 1. The van der Waals surface area contributed by atoms with Gasteiger partial charge in [0.05, 0.1) is 16.3 Å². The smallest absolute Gasteiger partial charge is 0.253 e. The minimum absolute atomic E-state index is 0.0173. The fourth-order valence-corrected chi connectivity index (χ4v) is 4.39. The molecule has 1 aliphatic rings. The van der Waals surface area contributed by atoms with Crippen LogP contribution in [0.2, 0.25) is 5.02 Å². The molecule has 1 unspecified atom stereocenters. The van der Waals surface area contributed by atoms with Gasteiger partial charge in [-0.15, -0.1) is 0 Å². The van der Waals surface area contributed by atoms with Gasteiger partial charge in [-0.2, -0.15) is 0 Å². The van der Waals surface area contributed by atoms with Crippen molar-refractivity contribution in [1.82, 2.24) is 10.6 Å². The molecule has 0 heterocycles. The second-order valence-electron chi connectivity index (χ2n) is 7.51. The van der Waals surface area contributed by atoms with Gasteiger partial charge in [0.2, 0.25) is 5.91 Å². The number of hydrogen-bond acceptors (Lipinski definition) is 4. The van der Waals surface area contributed by atoms with E-state index in [0.29, 0.717) is 6.54 Å². The molecular formula is C20H29ClN2O4S. The van der Waals surface area contributed by atoms with E-state index in [0.717, 1.165) is 25.0 Å². The Labute approximate surface area is 172 Å². The van der Waals surface area contributed by atoms with E-state index in [1.54, 1.807) is 24.3 Å². The molecule has 1 aliphatic carbocycles. The van der Waals surface area contributed by atoms with Gasteiger partial charge in [0, 0.05) is 12.8 Å². The Morgan fingerprint density at radius 2 is 1.89 bits per heavy atom. The summed E-state index contributed by atoms with van der Waals surface area (Å²) in [7, 11) is -3.25. The predicted molar refractivity (Wildman–Crippen MR) is 111 cm³/mol. The molecule has 0 spiro atoms. The Morgan fingerprint density at radius 1 is 1.21 bits per heavy atom. The standard InChI is InChI=1S/C20H29ClN2O4S/c1-28(26,27)14-12-18(23-19(24)16-10-4-5-11-17(16)21)20(25)22-13-6-9-15-7-2-3-8-15/h4-5,10-11,15,18H,2-3,6-9,12-14H2,1H3,(H,22,25)(H,23,24). The van der Waals surface area contributed by atoms with Crippen LogP contribution < -0.4 is 10.6 Å². The maximum atomic E-state index is 12.6. The van der Waals surface area contributed by atoms with E-state index in [-0.39, 0.29) is 28.7 Å². The molecule has 2 N–H and O–H groups in total. The molecule has 1 atom stereocenters. The lowest BCUT2D eigenvalue weighted by molar-refractivity contribution is -0.123. The summed E-state index contributed by atoms with van der Waals surface area (Å²) in [6.45, 7) is 0.521. The first-order chi connectivity index (χ1) is 13.3. The van der Waals surface area contributed by atoms with Gasteiger partial charge in [0.1, 0.15) is 15.9 Å². The first-order valence-electron chi connectivity index (χ1n) is 9.77. The van der Waals surface area contributed by atoms with Gasteiger partial charge in [0.25, 0.3) is 5.91 Å². The summed E-state index contributed by atoms with van der Waals surface area (Å²) in [6, 6.07) is 5.60. The largest absolute Gasteiger partial charge is 0.354 e. The Balaban J connectivity index is 1.92. The summed E-state index contributed by atoms with van der Waals surface area (Å²) in [5, 5.41) is 5.74. The second kappa shape index (κ2) is 10.8. The van der Waals surface area contributed by atoms with E-state index >= 15 is 0 Å². The quantitative estimate of drug-likeness (QED) is 0.560. The minimum atomic E-state index is -3.25. The molecule has 0 aromatic heterocycles. The average Bonchev–Trinajstić information content (AvgIpc) is 3.15. The van der Waals surface area contributed by atoms with Gasteiger partial charge < -0.3 is 10.6 Å². The van der Waals surface area contributed by atoms with Crippen LogP contribution >= 0.6 is 11.6 Å². The number of carbonyl (C=O) groups excluding carboxylic acids is 2. The highest BCUT2D eigenvalue weighted by Gasteiger charge is 2.24. The Hall–Kier alpha value is -1.60. The van der Waals surface area contributed by atoms with Crippen molar-refractivity contribution < 1.29 is 18.0 Å². The third kappa shape index (κ3) is 7.80. The number of halogens is 1. The lowest BCUT2D eigenvalue weighted by Gasteiger charge is -2.19. The highest BCUT2D eigenvalue weighted by molar-refractivity contribution is 7.90. The number of hydrogen-bond donors (Lipinski definition) is 2. The van der Waals surface area contributed by atoms with Crippen molar-refractivity contribution in [2.75, 3.05) is 18.6 Å². The van der Waals surface area contributed by atoms with Crippen LogP contribution in [0.4, 0.5) is 0 Å². The van der Waals surface area contributed by atoms with E-state index in [1.807, 2.05) is 0 Å². The van der Waals surface area contributed by atoms with Gasteiger partial charge in [0.15, 0.2) is 0 Å². The van der Waals surface area contributed by atoms with E-state index in [2.05, 4.69) is 10.6 Å². The van der Waals surface area contributed by atoms with E-state index in [1.165, 1.54) is 25.7 Å². The van der Waals surface area contributed by atoms with Crippen LogP contribution in [0.1, 0.15) is 55.3 Å². The lowest BCUT2D eigenvalue weighted by Crippen LogP contribution is -2.47. The topological polar surface area (TPSA) is 92.3 Å². The van der Waals surface area contributed by atoms with Gasteiger partial charge in [-0.25, -0.2) is 8.42 Å². The zero-order valence-electron chi connectivity index (χ0n) is 16.2. The van der Waals surface area contributed by atoms with Crippen molar-refractivity contribution in [1.29, 1.82) is 0 Å². The molecule has 6 nitrogen and oxygen atoms in total. The fourth-order valence-electron chi connectivity index (χ4n) is 3.51. The van der Waals surface area contributed by atoms with Crippen LogP contribution in [0.15, 0.2) is 24.3 Å². The molecule has 2 rings (SSSR count). The Kier molecular flexibility index (Phi) is 8.76. The fraction of sp³-hybridized carbons (Fsp3) is 0.600. The summed E-state index contributed by atoms with van der Waals surface area (Å²) < 4.78 is 23.0. The van der Waals surface area contributed by atoms with Crippen LogP contribution in [0.25, 0.3) is 0 Å². The number of carbonyl (C=O) groups is 2. The maximum absolute atomic E-state index is 12.6. The van der Waals surface area contributed by atoms with Crippen molar-refractivity contribution in [2.45, 2.75) is 51.0 Å². The van der Waals surface area contributed by atoms with Crippen LogP contribution in [-0.2, 0) is 14.6 Å². The third-order valence-corrected chi connectivity index (χ3v) is 6.39. The molecule has 0 aliphatic heterocycles. The van der Waals surface area contributed by atoms with Gasteiger partial charge in [-0.1, -0.05) is 49.4 Å². The summed E-state index contributed by atoms with van der Waals surface area (Å²) in [5.41, 5.74) is 0.252. The lowest BCUT2D eigenvalue weighted by atomic mass is 10.0. The highest BCUT2D eigenvalue weighted by atomic mass is 35.5.